The normalized spacial score (nSPS) is 25.2. The topological polar surface area (TPSA) is 168 Å². The predicted octanol–water partition coefficient (Wildman–Crippen LogP) is 4.90. The van der Waals surface area contributed by atoms with Gasteiger partial charge in [0.25, 0.3) is 5.91 Å². The molecular formula is C39H44ClFN6O7S2. The van der Waals surface area contributed by atoms with Crippen LogP contribution in [0, 0.1) is 17.2 Å². The molecule has 3 heterocycles. The summed E-state index contributed by atoms with van der Waals surface area (Å²) < 4.78 is 54.3. The Morgan fingerprint density at radius 2 is 1.91 bits per heavy atom. The number of ether oxygens (including phenoxy) is 2. The van der Waals surface area contributed by atoms with Crippen LogP contribution in [0.25, 0.3) is 10.8 Å². The van der Waals surface area contributed by atoms with Crippen LogP contribution in [0.5, 0.6) is 11.6 Å². The van der Waals surface area contributed by atoms with E-state index in [1.165, 1.54) is 42.1 Å². The Morgan fingerprint density at radius 3 is 2.57 bits per heavy atom. The third-order valence-corrected chi connectivity index (χ3v) is 13.7. The van der Waals surface area contributed by atoms with Crippen molar-refractivity contribution in [1.29, 1.82) is 0 Å². The molecule has 2 aliphatic heterocycles. The maximum atomic E-state index is 14.8. The van der Waals surface area contributed by atoms with E-state index in [9.17, 15) is 27.2 Å². The van der Waals surface area contributed by atoms with Crippen LogP contribution in [-0.4, -0.2) is 89.6 Å². The lowest BCUT2D eigenvalue weighted by Gasteiger charge is -2.36. The summed E-state index contributed by atoms with van der Waals surface area (Å²) in [5.41, 5.74) is -1.81. The molecule has 17 heteroatoms. The molecule has 56 heavy (non-hydrogen) atoms. The van der Waals surface area contributed by atoms with E-state index in [-0.39, 0.29) is 31.1 Å². The molecule has 3 N–H and O–H groups in total. The number of benzene rings is 2. The van der Waals surface area contributed by atoms with Crippen molar-refractivity contribution in [3.05, 3.63) is 77.7 Å². The number of carbonyl (C=O) groups excluding carboxylic acids is 3. The maximum Gasteiger partial charge on any atom is 0.259 e. The van der Waals surface area contributed by atoms with Crippen molar-refractivity contribution in [2.75, 3.05) is 19.4 Å². The predicted molar refractivity (Wildman–Crippen MR) is 213 cm³/mol. The maximum absolute atomic E-state index is 14.8. The summed E-state index contributed by atoms with van der Waals surface area (Å²) >= 11 is 7.74. The van der Waals surface area contributed by atoms with E-state index in [2.05, 4.69) is 26.9 Å². The van der Waals surface area contributed by atoms with Gasteiger partial charge in [0.2, 0.25) is 27.7 Å². The van der Waals surface area contributed by atoms with Gasteiger partial charge in [0.1, 0.15) is 35.3 Å². The molecule has 7 rings (SSSR count). The molecule has 2 aliphatic carbocycles. The summed E-state index contributed by atoms with van der Waals surface area (Å²) in [7, 11) is -2.39. The minimum absolute atomic E-state index is 0.0199. The van der Waals surface area contributed by atoms with Crippen LogP contribution in [0.4, 0.5) is 4.39 Å². The van der Waals surface area contributed by atoms with Gasteiger partial charge in [-0.15, -0.1) is 6.58 Å². The first-order valence-electron chi connectivity index (χ1n) is 18.4. The van der Waals surface area contributed by atoms with Gasteiger partial charge in [-0.2, -0.15) is 0 Å². The van der Waals surface area contributed by atoms with E-state index in [0.29, 0.717) is 50.9 Å². The first-order valence-corrected chi connectivity index (χ1v) is 21.3. The molecule has 298 valence electrons. The molecule has 3 fully saturated rings. The van der Waals surface area contributed by atoms with Gasteiger partial charge in [0.05, 0.1) is 31.1 Å². The molecule has 13 nitrogen and oxygen atoms in total. The third-order valence-electron chi connectivity index (χ3n) is 10.7. The summed E-state index contributed by atoms with van der Waals surface area (Å²) in [6.45, 7) is 9.40. The minimum atomic E-state index is -3.91. The molecule has 1 saturated heterocycles. The molecule has 6 atom stereocenters. The Kier molecular flexibility index (Phi) is 10.8. The monoisotopic (exact) mass is 826 g/mol. The standard InChI is InChI=1S/C39H44ClFN6O7S2/c1-6-21-17-39(21,36(50)46-56(51,52)24-12-13-24)45-33(48)30-16-23(54-34-27-15-22(40)11-14-25(27)31(53-5)18-42-34)19-47(30)35(49)32(38(2,3)4)44-37-43-29(20-55-37)26-9-7-8-10-28(26)41/h6-11,14-15,18,21,23-24,29-30,32H,1,12-13,16-17,19-20H2,2-5H3,(H,43,44)(H,45,48)(H,46,50)/t21-,23-,29?,30+,32-,39-/m1/s1. The summed E-state index contributed by atoms with van der Waals surface area (Å²) in [4.78, 5) is 53.4. The van der Waals surface area contributed by atoms with Crippen LogP contribution in [0.1, 0.15) is 58.1 Å². The highest BCUT2D eigenvalue weighted by atomic mass is 35.5. The second-order valence-electron chi connectivity index (χ2n) is 15.7. The number of sulfonamides is 1. The van der Waals surface area contributed by atoms with Crippen LogP contribution in [-0.2, 0) is 24.4 Å². The molecule has 3 amide bonds. The van der Waals surface area contributed by atoms with Crippen LogP contribution < -0.4 is 24.8 Å². The van der Waals surface area contributed by atoms with Gasteiger partial charge >= 0.3 is 0 Å². The summed E-state index contributed by atoms with van der Waals surface area (Å²) in [5.74, 6) is -1.62. The Morgan fingerprint density at radius 1 is 1.16 bits per heavy atom. The van der Waals surface area contributed by atoms with Gasteiger partial charge in [-0.3, -0.25) is 24.1 Å². The van der Waals surface area contributed by atoms with Gasteiger partial charge in [-0.1, -0.05) is 68.4 Å². The Labute approximate surface area is 334 Å². The number of hydrogen-bond acceptors (Lipinski definition) is 11. The second-order valence-corrected chi connectivity index (χ2v) is 19.1. The van der Waals surface area contributed by atoms with Crippen molar-refractivity contribution in [3.63, 3.8) is 0 Å². The van der Waals surface area contributed by atoms with Crippen molar-refractivity contribution in [2.24, 2.45) is 16.3 Å². The van der Waals surface area contributed by atoms with E-state index in [1.807, 2.05) is 20.8 Å². The average molecular weight is 827 g/mol. The zero-order chi connectivity index (χ0) is 40.2. The summed E-state index contributed by atoms with van der Waals surface area (Å²) in [6.07, 6.45) is 3.35. The molecule has 3 aromatic rings. The highest BCUT2D eigenvalue weighted by Crippen LogP contribution is 2.46. The average Bonchev–Trinajstić information content (AvgIpc) is 4.04. The zero-order valence-corrected chi connectivity index (χ0v) is 33.8. The van der Waals surface area contributed by atoms with Crippen LogP contribution in [0.2, 0.25) is 5.02 Å². The summed E-state index contributed by atoms with van der Waals surface area (Å²) in [6, 6.07) is 9.15. The van der Waals surface area contributed by atoms with E-state index in [0.717, 1.165) is 0 Å². The fourth-order valence-electron chi connectivity index (χ4n) is 7.27. The lowest BCUT2D eigenvalue weighted by molar-refractivity contribution is -0.142. The quantitative estimate of drug-likeness (QED) is 0.214. The summed E-state index contributed by atoms with van der Waals surface area (Å²) in [5, 5.41) is 7.64. The van der Waals surface area contributed by atoms with Crippen LogP contribution >= 0.6 is 23.4 Å². The Hall–Kier alpha value is -4.41. The molecule has 2 aromatic carbocycles. The molecule has 0 spiro atoms. The number of likely N-dealkylation sites (tertiary alicyclic amines) is 1. The first kappa shape index (κ1) is 39.8. The van der Waals surface area contributed by atoms with Crippen LogP contribution in [0.15, 0.2) is 66.3 Å². The highest BCUT2D eigenvalue weighted by molar-refractivity contribution is 8.14. The van der Waals surface area contributed by atoms with Crippen molar-refractivity contribution in [3.8, 4) is 11.6 Å². The second kappa shape index (κ2) is 15.2. The molecule has 1 unspecified atom stereocenters. The number of nitrogens with one attached hydrogen (secondary N) is 3. The van der Waals surface area contributed by atoms with Gasteiger partial charge in [-0.05, 0) is 48.9 Å². The third kappa shape index (κ3) is 7.92. The fraction of sp³-hybridized carbons (Fsp3) is 0.462. The van der Waals surface area contributed by atoms with Crippen LogP contribution in [0.3, 0.4) is 0 Å². The van der Waals surface area contributed by atoms with Gasteiger partial charge in [0, 0.05) is 39.5 Å². The fourth-order valence-corrected chi connectivity index (χ4v) is 9.78. The van der Waals surface area contributed by atoms with Gasteiger partial charge in [0.15, 0.2) is 5.17 Å². The lowest BCUT2D eigenvalue weighted by atomic mass is 9.85. The van der Waals surface area contributed by atoms with E-state index >= 15 is 0 Å². The highest BCUT2D eigenvalue weighted by Gasteiger charge is 2.62. The SMILES string of the molecule is C=C[C@@H]1C[C@]1(NC(=O)[C@@H]1C[C@@H](Oc2ncc(OC)c3ccc(Cl)cc23)CN1C(=O)[C@@H](NC1=NC(c2ccccc2F)CS1)C(C)(C)C)C(=O)NS(=O)(=O)C1CC1. The molecule has 2 saturated carbocycles. The Balaban J connectivity index is 1.18. The van der Waals surface area contributed by atoms with E-state index in [1.54, 1.807) is 36.4 Å². The molecule has 4 aliphatic rings. The van der Waals surface area contributed by atoms with Crippen molar-refractivity contribution in [2.45, 2.75) is 81.5 Å². The minimum Gasteiger partial charge on any atom is -0.494 e. The number of hydrogen-bond donors (Lipinski definition) is 3. The van der Waals surface area contributed by atoms with Crippen molar-refractivity contribution < 1.29 is 36.7 Å². The number of aromatic nitrogens is 1. The smallest absolute Gasteiger partial charge is 0.259 e. The lowest BCUT2D eigenvalue weighted by Crippen LogP contribution is -2.60. The number of carbonyl (C=O) groups is 3. The number of halogens is 2. The van der Waals surface area contributed by atoms with Gasteiger partial charge < -0.3 is 25.0 Å². The Bertz CT molecular complexity index is 2230. The van der Waals surface area contributed by atoms with Crippen molar-refractivity contribution in [1.82, 2.24) is 25.2 Å². The van der Waals surface area contributed by atoms with E-state index < -0.39 is 74.1 Å². The number of methoxy groups -OCH3 is 1. The number of pyridine rings is 1. The van der Waals surface area contributed by atoms with E-state index in [4.69, 9.17) is 26.1 Å². The number of fused-ring (bicyclic) bond motifs is 1. The molecule has 0 radical (unpaired) electrons. The number of nitrogens with zero attached hydrogens (tertiary/aromatic N) is 3. The largest absolute Gasteiger partial charge is 0.494 e. The number of aliphatic imine (C=N–C) groups is 1. The molecule has 1 aromatic heterocycles. The van der Waals surface area contributed by atoms with Crippen molar-refractivity contribution >= 4 is 67.0 Å². The zero-order valence-electron chi connectivity index (χ0n) is 31.4. The molecule has 0 bridgehead atoms. The molecular weight excluding hydrogens is 783 g/mol. The first-order chi connectivity index (χ1) is 26.5. The van der Waals surface area contributed by atoms with Gasteiger partial charge in [-0.25, -0.2) is 17.8 Å². The number of thioether (sulfide) groups is 1. The number of amidine groups is 1. The number of rotatable bonds is 12. The number of amides is 3.